The maximum Gasteiger partial charge on any atom is 0.0139 e. The molecule has 0 aromatic heterocycles. The highest BCUT2D eigenvalue weighted by Gasteiger charge is 1.27. The molecule has 0 unspecified atom stereocenters. The van der Waals surface area contributed by atoms with E-state index in [4.69, 9.17) is 5.53 Å². The van der Waals surface area contributed by atoms with Gasteiger partial charge in [0.05, 0.1) is 0 Å². The number of nitrogens with zero attached hydrogens (tertiary/aromatic N) is 3. The summed E-state index contributed by atoms with van der Waals surface area (Å²) >= 11 is 0. The molecule has 0 saturated carbocycles. The molecule has 3 nitrogen and oxygen atoms in total. The molecule has 0 amide bonds. The van der Waals surface area contributed by atoms with Crippen molar-refractivity contribution in [3.63, 3.8) is 0 Å². The molecule has 0 N–H and O–H groups in total. The number of rotatable bonds is 0. The van der Waals surface area contributed by atoms with Crippen molar-refractivity contribution in [2.45, 2.75) is 7.43 Å². The maximum absolute atomic E-state index is 7.33. The second-order valence-electron chi connectivity index (χ2n) is 0.289. The van der Waals surface area contributed by atoms with E-state index in [9.17, 15) is 0 Å². The van der Waals surface area contributed by atoms with Gasteiger partial charge in [0.1, 0.15) is 0 Å². The van der Waals surface area contributed by atoms with Crippen molar-refractivity contribution in [1.29, 1.82) is 0 Å². The van der Waals surface area contributed by atoms with E-state index in [1.54, 1.807) is 0 Å². The zero-order valence-corrected chi connectivity index (χ0v) is 2.34. The van der Waals surface area contributed by atoms with Crippen LogP contribution in [0.15, 0.2) is 5.11 Å². The molecule has 0 bridgehead atoms. The fraction of sp³-hybridized carbons (Fsp3) is 1.00. The first-order valence-electron chi connectivity index (χ1n) is 0.847. The third-order valence-electron chi connectivity index (χ3n) is 0.0894. The van der Waals surface area contributed by atoms with Gasteiger partial charge in [-0.05, 0) is 5.53 Å². The Morgan fingerprint density at radius 3 is 2.00 bits per heavy atom. The molecule has 0 rings (SSSR count). The molecular weight excluding hydrogens is 66.0 g/mol. The molecule has 0 aliphatic heterocycles. The summed E-state index contributed by atoms with van der Waals surface area (Å²) in [4.78, 5) is 2.36. The van der Waals surface area contributed by atoms with E-state index >= 15 is 0 Å². The van der Waals surface area contributed by atoms with Gasteiger partial charge >= 0.3 is 0 Å². The predicted octanol–water partition coefficient (Wildman–Crippen LogP) is 1.56. The van der Waals surface area contributed by atoms with Crippen molar-refractivity contribution in [3.05, 3.63) is 10.4 Å². The molecule has 0 aliphatic carbocycles. The Hall–Kier alpha value is -0.690. The highest BCUT2D eigenvalue weighted by molar-refractivity contribution is 4.30. The van der Waals surface area contributed by atoms with Crippen molar-refractivity contribution in [2.75, 3.05) is 7.05 Å². The lowest BCUT2D eigenvalue weighted by atomic mass is 11.6. The van der Waals surface area contributed by atoms with Crippen LogP contribution in [0.5, 0.6) is 0 Å². The first-order chi connectivity index (χ1) is 1.91. The molecule has 0 heterocycles. The quantitative estimate of drug-likeness (QED) is 0.237. The van der Waals surface area contributed by atoms with Crippen LogP contribution in [0.3, 0.4) is 0 Å². The van der Waals surface area contributed by atoms with Crippen LogP contribution in [0.4, 0.5) is 0 Å². The van der Waals surface area contributed by atoms with E-state index in [2.05, 4.69) is 10.0 Å². The topological polar surface area (TPSA) is 48.8 Å². The van der Waals surface area contributed by atoms with Crippen LogP contribution >= 0.6 is 0 Å². The van der Waals surface area contributed by atoms with E-state index in [0.29, 0.717) is 0 Å². The molecule has 0 aromatic carbocycles. The van der Waals surface area contributed by atoms with Crippen LogP contribution in [-0.4, -0.2) is 7.05 Å². The first-order valence-corrected chi connectivity index (χ1v) is 0.847. The molecule has 0 aliphatic rings. The molecule has 0 fully saturated rings. The fourth-order valence-electron chi connectivity index (χ4n) is 0. The van der Waals surface area contributed by atoms with Crippen molar-refractivity contribution in [3.8, 4) is 0 Å². The number of hydrogen-bond acceptors (Lipinski definition) is 1. The second-order valence-corrected chi connectivity index (χ2v) is 0.289. The third-order valence-corrected chi connectivity index (χ3v) is 0.0894. The van der Waals surface area contributed by atoms with Gasteiger partial charge in [-0.2, -0.15) is 0 Å². The highest BCUT2D eigenvalue weighted by atomic mass is 15.1. The van der Waals surface area contributed by atoms with Gasteiger partial charge in [0.15, 0.2) is 0 Å². The normalized spacial score (nSPS) is 3.40. The summed E-state index contributed by atoms with van der Waals surface area (Å²) in [5.74, 6) is 0. The van der Waals surface area contributed by atoms with Gasteiger partial charge < -0.3 is 0 Å². The summed E-state index contributed by atoms with van der Waals surface area (Å²) in [5, 5.41) is 2.92. The van der Waals surface area contributed by atoms with Gasteiger partial charge in [-0.3, -0.25) is 0 Å². The van der Waals surface area contributed by atoms with Gasteiger partial charge in [0.25, 0.3) is 0 Å². The Kier molecular flexibility index (Phi) is 18.2. The predicted molar refractivity (Wildman–Crippen MR) is 21.8 cm³/mol. The summed E-state index contributed by atoms with van der Waals surface area (Å²) < 4.78 is 0. The number of azide groups is 1. The van der Waals surface area contributed by atoms with E-state index in [-0.39, 0.29) is 7.43 Å². The van der Waals surface area contributed by atoms with Crippen LogP contribution in [0.1, 0.15) is 7.43 Å². The lowest BCUT2D eigenvalue weighted by Crippen LogP contribution is -1.22. The molecule has 0 spiro atoms. The van der Waals surface area contributed by atoms with Gasteiger partial charge in [0.2, 0.25) is 0 Å². The summed E-state index contributed by atoms with van der Waals surface area (Å²) in [7, 11) is 1.39. The summed E-state index contributed by atoms with van der Waals surface area (Å²) in [6.07, 6.45) is 0. The minimum Gasteiger partial charge on any atom is -0.0973 e. The monoisotopic (exact) mass is 73.1 g/mol. The zero-order chi connectivity index (χ0) is 3.41. The molecule has 0 atom stereocenters. The van der Waals surface area contributed by atoms with Gasteiger partial charge in [-0.25, -0.2) is 0 Å². The van der Waals surface area contributed by atoms with Crippen molar-refractivity contribution in [2.24, 2.45) is 5.11 Å². The van der Waals surface area contributed by atoms with E-state index in [1.165, 1.54) is 7.05 Å². The molecule has 0 saturated heterocycles. The van der Waals surface area contributed by atoms with Gasteiger partial charge in [-0.15, -0.1) is 0 Å². The zero-order valence-electron chi connectivity index (χ0n) is 2.34. The molecule has 30 valence electrons. The Bertz CT molecular complexity index is 42.9. The Labute approximate surface area is 31.2 Å². The largest absolute Gasteiger partial charge is 0.0973 e. The van der Waals surface area contributed by atoms with Crippen LogP contribution in [-0.2, 0) is 0 Å². The van der Waals surface area contributed by atoms with Crippen LogP contribution in [0.25, 0.3) is 10.4 Å². The van der Waals surface area contributed by atoms with E-state index in [1.807, 2.05) is 0 Å². The number of hydrogen-bond donors (Lipinski definition) is 0. The summed E-state index contributed by atoms with van der Waals surface area (Å²) in [6, 6.07) is 0. The van der Waals surface area contributed by atoms with E-state index in [0.717, 1.165) is 0 Å². The molecule has 0 radical (unpaired) electrons. The molecule has 0 aromatic rings. The highest BCUT2D eigenvalue weighted by Crippen LogP contribution is 1.46. The third kappa shape index (κ3) is 59.1. The van der Waals surface area contributed by atoms with Gasteiger partial charge in [0, 0.05) is 12.0 Å². The Morgan fingerprint density at radius 2 is 2.00 bits per heavy atom. The Morgan fingerprint density at radius 1 is 1.80 bits per heavy atom. The Balaban J connectivity index is 0. The lowest BCUT2D eigenvalue weighted by molar-refractivity contribution is 1.40. The second kappa shape index (κ2) is 10.3. The van der Waals surface area contributed by atoms with Crippen molar-refractivity contribution in [1.82, 2.24) is 0 Å². The average molecular weight is 73.1 g/mol. The minimum absolute atomic E-state index is 0. The van der Waals surface area contributed by atoms with Crippen molar-refractivity contribution >= 4 is 0 Å². The molecule has 3 heteroatoms. The molecule has 5 heavy (non-hydrogen) atoms. The lowest BCUT2D eigenvalue weighted by Gasteiger charge is -1.35. The SMILES string of the molecule is C.CN=[N+]=[N-]. The summed E-state index contributed by atoms with van der Waals surface area (Å²) in [6.45, 7) is 0. The standard InChI is InChI=1S/CH3N3.CH4/c1-3-4-2;/h1H3;1H4. The minimum atomic E-state index is 0. The maximum atomic E-state index is 7.33. The van der Waals surface area contributed by atoms with E-state index < -0.39 is 0 Å². The fourth-order valence-corrected chi connectivity index (χ4v) is 0. The smallest absolute Gasteiger partial charge is 0.0139 e. The van der Waals surface area contributed by atoms with Crippen LogP contribution in [0.2, 0.25) is 0 Å². The van der Waals surface area contributed by atoms with Crippen LogP contribution < -0.4 is 0 Å². The summed E-state index contributed by atoms with van der Waals surface area (Å²) in [5.41, 5.74) is 7.33. The van der Waals surface area contributed by atoms with Gasteiger partial charge in [-0.1, -0.05) is 12.5 Å². The average Bonchev–Trinajstić information content (AvgIpc) is 1.37. The molecular formula is C2H7N3. The van der Waals surface area contributed by atoms with Crippen LogP contribution in [0, 0.1) is 0 Å². The first kappa shape index (κ1) is 8.85. The van der Waals surface area contributed by atoms with Crippen molar-refractivity contribution < 1.29 is 0 Å².